The number of amides is 1. The minimum Gasteiger partial charge on any atom is -0.435 e. The topological polar surface area (TPSA) is 89.0 Å². The van der Waals surface area contributed by atoms with Gasteiger partial charge in [0, 0.05) is 12.2 Å². The fourth-order valence-corrected chi connectivity index (χ4v) is 2.87. The molecule has 10 heteroatoms. The van der Waals surface area contributed by atoms with Crippen molar-refractivity contribution in [3.63, 3.8) is 0 Å². The van der Waals surface area contributed by atoms with Crippen LogP contribution in [0.15, 0.2) is 34.2 Å². The average Bonchev–Trinajstić information content (AvgIpc) is 2.90. The molecule has 0 saturated heterocycles. The molecule has 1 amide bonds. The van der Waals surface area contributed by atoms with E-state index in [4.69, 9.17) is 0 Å². The van der Waals surface area contributed by atoms with Crippen LogP contribution in [0.1, 0.15) is 20.3 Å². The number of aromatic nitrogens is 3. The van der Waals surface area contributed by atoms with Crippen LogP contribution in [0.4, 0.5) is 14.5 Å². The van der Waals surface area contributed by atoms with Gasteiger partial charge in [-0.1, -0.05) is 18.7 Å². The highest BCUT2D eigenvalue weighted by Crippen LogP contribution is 2.22. The van der Waals surface area contributed by atoms with E-state index in [1.165, 1.54) is 28.8 Å². The summed E-state index contributed by atoms with van der Waals surface area (Å²) in [5, 5.41) is 8.89. The van der Waals surface area contributed by atoms with Crippen LogP contribution in [0.25, 0.3) is 0 Å². The van der Waals surface area contributed by atoms with Crippen LogP contribution in [0.2, 0.25) is 0 Å². The maximum Gasteiger partial charge on any atom is 0.387 e. The van der Waals surface area contributed by atoms with Gasteiger partial charge < -0.3 is 10.1 Å². The lowest BCUT2D eigenvalue weighted by Gasteiger charge is -2.12. The summed E-state index contributed by atoms with van der Waals surface area (Å²) in [7, 11) is 0. The molecule has 0 unspecified atom stereocenters. The molecule has 0 saturated carbocycles. The second kappa shape index (κ2) is 8.65. The van der Waals surface area contributed by atoms with E-state index in [0.29, 0.717) is 17.4 Å². The summed E-state index contributed by atoms with van der Waals surface area (Å²) >= 11 is 1.15. The quantitative estimate of drug-likeness (QED) is 0.696. The van der Waals surface area contributed by atoms with Gasteiger partial charge >= 0.3 is 12.3 Å². The van der Waals surface area contributed by atoms with Gasteiger partial charge in [0.2, 0.25) is 5.91 Å². The van der Waals surface area contributed by atoms with E-state index in [1.54, 1.807) is 6.92 Å². The maximum absolute atomic E-state index is 12.2. The van der Waals surface area contributed by atoms with Gasteiger partial charge in [0.05, 0.1) is 5.25 Å². The summed E-state index contributed by atoms with van der Waals surface area (Å²) in [5.74, 6) is -0.290. The summed E-state index contributed by atoms with van der Waals surface area (Å²) in [4.78, 5) is 23.9. The second-order valence-corrected chi connectivity index (χ2v) is 6.42. The van der Waals surface area contributed by atoms with E-state index in [9.17, 15) is 18.4 Å². The number of hydrogen-bond acceptors (Lipinski definition) is 5. The smallest absolute Gasteiger partial charge is 0.387 e. The van der Waals surface area contributed by atoms with Crippen molar-refractivity contribution < 1.29 is 18.3 Å². The van der Waals surface area contributed by atoms with Gasteiger partial charge in [-0.3, -0.25) is 9.36 Å². The Morgan fingerprint density at radius 3 is 2.68 bits per heavy atom. The van der Waals surface area contributed by atoms with E-state index in [1.807, 2.05) is 6.92 Å². The Morgan fingerprint density at radius 2 is 2.08 bits per heavy atom. The number of halogens is 2. The lowest BCUT2D eigenvalue weighted by Crippen LogP contribution is -2.24. The predicted octanol–water partition coefficient (Wildman–Crippen LogP) is 2.70. The zero-order valence-corrected chi connectivity index (χ0v) is 14.5. The molecular weight excluding hydrogens is 354 g/mol. The number of nitrogens with zero attached hydrogens (tertiary/aromatic N) is 2. The molecule has 0 fully saturated rings. The van der Waals surface area contributed by atoms with Crippen molar-refractivity contribution in [2.24, 2.45) is 0 Å². The van der Waals surface area contributed by atoms with Crippen molar-refractivity contribution in [1.29, 1.82) is 0 Å². The first-order valence-corrected chi connectivity index (χ1v) is 8.46. The normalized spacial score (nSPS) is 12.2. The molecule has 0 aliphatic carbocycles. The molecule has 0 spiro atoms. The molecule has 0 aliphatic rings. The number of anilines is 1. The molecule has 2 rings (SSSR count). The van der Waals surface area contributed by atoms with Crippen molar-refractivity contribution >= 4 is 23.4 Å². The van der Waals surface area contributed by atoms with Crippen molar-refractivity contribution in [3.8, 4) is 5.75 Å². The van der Waals surface area contributed by atoms with Gasteiger partial charge in [0.15, 0.2) is 5.16 Å². The van der Waals surface area contributed by atoms with E-state index < -0.39 is 11.9 Å². The zero-order chi connectivity index (χ0) is 18.4. The van der Waals surface area contributed by atoms with Gasteiger partial charge in [-0.25, -0.2) is 9.89 Å². The summed E-state index contributed by atoms with van der Waals surface area (Å²) < 4.78 is 29.9. The highest BCUT2D eigenvalue weighted by atomic mass is 32.2. The van der Waals surface area contributed by atoms with Crippen molar-refractivity contribution in [2.75, 3.05) is 5.32 Å². The number of hydrogen-bond donors (Lipinski definition) is 2. The first-order chi connectivity index (χ1) is 11.9. The Kier molecular flexibility index (Phi) is 6.57. The van der Waals surface area contributed by atoms with Crippen molar-refractivity contribution in [3.05, 3.63) is 34.7 Å². The molecule has 2 N–H and O–H groups in total. The van der Waals surface area contributed by atoms with Crippen LogP contribution in [0.3, 0.4) is 0 Å². The largest absolute Gasteiger partial charge is 0.435 e. The maximum atomic E-state index is 12.2. The SMILES string of the molecule is CCCn1c(S[C@@H](C)C(=O)Nc2ccc(OC(F)F)cc2)n[nH]c1=O. The first kappa shape index (κ1) is 19.0. The number of thioether (sulfide) groups is 1. The van der Waals surface area contributed by atoms with Crippen molar-refractivity contribution in [2.45, 2.75) is 43.8 Å². The van der Waals surface area contributed by atoms with Crippen LogP contribution < -0.4 is 15.7 Å². The Labute approximate surface area is 146 Å². The number of H-pyrrole nitrogens is 1. The number of carbonyl (C=O) groups excluding carboxylic acids is 1. The number of alkyl halides is 2. The third kappa shape index (κ3) is 5.31. The number of ether oxygens (including phenoxy) is 1. The van der Waals surface area contributed by atoms with Crippen LogP contribution in [0, 0.1) is 0 Å². The average molecular weight is 372 g/mol. The molecule has 7 nitrogen and oxygen atoms in total. The van der Waals surface area contributed by atoms with Crippen LogP contribution >= 0.6 is 11.8 Å². The Bertz CT molecular complexity index is 761. The van der Waals surface area contributed by atoms with Gasteiger partial charge in [-0.2, -0.15) is 8.78 Å². The number of nitrogens with one attached hydrogen (secondary N) is 2. The molecule has 1 aromatic carbocycles. The Balaban J connectivity index is 1.97. The third-order valence-electron chi connectivity index (χ3n) is 3.17. The molecular formula is C15H18F2N4O3S. The Hall–Kier alpha value is -2.36. The lowest BCUT2D eigenvalue weighted by molar-refractivity contribution is -0.115. The number of benzene rings is 1. The van der Waals surface area contributed by atoms with Crippen LogP contribution in [0.5, 0.6) is 5.75 Å². The van der Waals surface area contributed by atoms with Gasteiger partial charge in [0.25, 0.3) is 0 Å². The van der Waals surface area contributed by atoms with Gasteiger partial charge in [-0.15, -0.1) is 5.10 Å². The van der Waals surface area contributed by atoms with E-state index in [0.717, 1.165) is 18.2 Å². The fourth-order valence-electron chi connectivity index (χ4n) is 1.99. The summed E-state index contributed by atoms with van der Waals surface area (Å²) in [6.07, 6.45) is 0.764. The predicted molar refractivity (Wildman–Crippen MR) is 90.2 cm³/mol. The van der Waals surface area contributed by atoms with E-state index >= 15 is 0 Å². The van der Waals surface area contributed by atoms with Gasteiger partial charge in [-0.05, 0) is 37.6 Å². The monoisotopic (exact) mass is 372 g/mol. The molecule has 136 valence electrons. The minimum absolute atomic E-state index is 0.00975. The van der Waals surface area contributed by atoms with Crippen LogP contribution in [-0.4, -0.2) is 32.5 Å². The van der Waals surface area contributed by atoms with Crippen molar-refractivity contribution in [1.82, 2.24) is 14.8 Å². The second-order valence-electron chi connectivity index (χ2n) is 5.12. The molecule has 2 aromatic rings. The van der Waals surface area contributed by atoms with E-state index in [2.05, 4.69) is 20.3 Å². The van der Waals surface area contributed by atoms with Crippen LogP contribution in [-0.2, 0) is 11.3 Å². The molecule has 0 bridgehead atoms. The third-order valence-corrected chi connectivity index (χ3v) is 4.26. The zero-order valence-electron chi connectivity index (χ0n) is 13.7. The number of aromatic amines is 1. The lowest BCUT2D eigenvalue weighted by atomic mass is 10.3. The first-order valence-electron chi connectivity index (χ1n) is 7.58. The standard InChI is InChI=1S/C15H18F2N4O3S/c1-3-8-21-14(23)19-20-15(21)25-9(2)12(22)18-10-4-6-11(7-5-10)24-13(16)17/h4-7,9,13H,3,8H2,1-2H3,(H,18,22)(H,19,23)/t9-/m0/s1. The van der Waals surface area contributed by atoms with E-state index in [-0.39, 0.29) is 17.3 Å². The molecule has 1 atom stereocenters. The number of rotatable bonds is 8. The minimum atomic E-state index is -2.90. The molecule has 0 radical (unpaired) electrons. The summed E-state index contributed by atoms with van der Waals surface area (Å²) in [6, 6.07) is 5.61. The molecule has 25 heavy (non-hydrogen) atoms. The fraction of sp³-hybridized carbons (Fsp3) is 0.400. The summed E-state index contributed by atoms with van der Waals surface area (Å²) in [5.41, 5.74) is 0.138. The number of carbonyl (C=O) groups is 1. The van der Waals surface area contributed by atoms with Gasteiger partial charge in [0.1, 0.15) is 5.75 Å². The molecule has 0 aliphatic heterocycles. The highest BCUT2D eigenvalue weighted by molar-refractivity contribution is 8.00. The summed E-state index contributed by atoms with van der Waals surface area (Å²) in [6.45, 7) is 1.23. The molecule has 1 heterocycles. The Morgan fingerprint density at radius 1 is 1.40 bits per heavy atom. The highest BCUT2D eigenvalue weighted by Gasteiger charge is 2.19. The molecule has 1 aromatic heterocycles.